The highest BCUT2D eigenvalue weighted by Crippen LogP contribution is 2.27. The number of pyridine rings is 1. The molecule has 0 amide bonds. The summed E-state index contributed by atoms with van der Waals surface area (Å²) in [4.78, 5) is 6.61. The van der Waals surface area contributed by atoms with E-state index < -0.39 is 0 Å². The van der Waals surface area contributed by atoms with E-state index in [0.29, 0.717) is 6.61 Å². The van der Waals surface area contributed by atoms with E-state index in [1.807, 2.05) is 37.4 Å². The molecule has 0 N–H and O–H groups in total. The van der Waals surface area contributed by atoms with Gasteiger partial charge in [0.15, 0.2) is 11.0 Å². The van der Waals surface area contributed by atoms with Crippen LogP contribution in [0.15, 0.2) is 78.1 Å². The zero-order valence-electron chi connectivity index (χ0n) is 19.3. The second-order valence-electron chi connectivity index (χ2n) is 7.63. The van der Waals surface area contributed by atoms with Crippen molar-refractivity contribution in [3.63, 3.8) is 0 Å². The van der Waals surface area contributed by atoms with Crippen LogP contribution in [0.2, 0.25) is 0 Å². The molecule has 0 spiro atoms. The summed E-state index contributed by atoms with van der Waals surface area (Å²) in [5, 5.41) is 9.74. The van der Waals surface area contributed by atoms with Gasteiger partial charge in [-0.2, -0.15) is 0 Å². The van der Waals surface area contributed by atoms with Crippen molar-refractivity contribution in [2.24, 2.45) is 7.05 Å². The lowest BCUT2D eigenvalue weighted by Gasteiger charge is -2.21. The summed E-state index contributed by atoms with van der Waals surface area (Å²) in [7, 11) is 2.02. The zero-order valence-corrected chi connectivity index (χ0v) is 20.1. The standard InChI is InChI=1S/C26H29N5OS/c1-4-31(5-2)23-13-11-21(12-14-23)25-28-29-26(30(25)3)33-19-20-9-15-24(16-10-20)32-18-22-8-6-7-17-27-22/h6-17H,4-5,18-19H2,1-3H3. The molecule has 2 heterocycles. The quantitative estimate of drug-likeness (QED) is 0.288. The Kier molecular flexibility index (Phi) is 7.62. The molecular formula is C26H29N5OS. The van der Waals surface area contributed by atoms with Gasteiger partial charge in [-0.1, -0.05) is 30.0 Å². The summed E-state index contributed by atoms with van der Waals surface area (Å²) < 4.78 is 7.88. The second kappa shape index (κ2) is 11.0. The fourth-order valence-electron chi connectivity index (χ4n) is 3.57. The van der Waals surface area contributed by atoms with Crippen molar-refractivity contribution in [3.05, 3.63) is 84.2 Å². The van der Waals surface area contributed by atoms with Crippen LogP contribution in [-0.2, 0) is 19.4 Å². The minimum absolute atomic E-state index is 0.465. The first-order valence-electron chi connectivity index (χ1n) is 11.2. The van der Waals surface area contributed by atoms with Crippen molar-refractivity contribution >= 4 is 17.4 Å². The maximum absolute atomic E-state index is 5.82. The van der Waals surface area contributed by atoms with Crippen molar-refractivity contribution in [1.29, 1.82) is 0 Å². The SMILES string of the molecule is CCN(CC)c1ccc(-c2nnc(SCc3ccc(OCc4ccccn4)cc3)n2C)cc1. The van der Waals surface area contributed by atoms with Gasteiger partial charge in [0.25, 0.3) is 0 Å². The minimum atomic E-state index is 0.465. The van der Waals surface area contributed by atoms with Gasteiger partial charge in [0.05, 0.1) is 5.69 Å². The molecule has 2 aromatic heterocycles. The predicted molar refractivity (Wildman–Crippen MR) is 135 cm³/mol. The zero-order chi connectivity index (χ0) is 23.0. The maximum Gasteiger partial charge on any atom is 0.191 e. The van der Waals surface area contributed by atoms with Crippen LogP contribution in [0.1, 0.15) is 25.1 Å². The molecule has 0 atom stereocenters. The van der Waals surface area contributed by atoms with Crippen LogP contribution in [-0.4, -0.2) is 32.8 Å². The third-order valence-electron chi connectivity index (χ3n) is 5.49. The van der Waals surface area contributed by atoms with E-state index in [9.17, 15) is 0 Å². The predicted octanol–water partition coefficient (Wildman–Crippen LogP) is 5.59. The van der Waals surface area contributed by atoms with Gasteiger partial charge in [0.2, 0.25) is 0 Å². The van der Waals surface area contributed by atoms with Gasteiger partial charge in [-0.25, -0.2) is 0 Å². The lowest BCUT2D eigenvalue weighted by Crippen LogP contribution is -2.21. The first-order chi connectivity index (χ1) is 16.2. The molecule has 0 bridgehead atoms. The van der Waals surface area contributed by atoms with Crippen molar-refractivity contribution in [2.45, 2.75) is 31.4 Å². The molecule has 0 saturated heterocycles. The highest BCUT2D eigenvalue weighted by molar-refractivity contribution is 7.98. The lowest BCUT2D eigenvalue weighted by atomic mass is 10.2. The summed E-state index contributed by atoms with van der Waals surface area (Å²) in [5.74, 6) is 2.53. The average molecular weight is 460 g/mol. The molecule has 2 aromatic carbocycles. The number of hydrogen-bond donors (Lipinski definition) is 0. The highest BCUT2D eigenvalue weighted by Gasteiger charge is 2.12. The van der Waals surface area contributed by atoms with Crippen molar-refractivity contribution in [1.82, 2.24) is 19.7 Å². The summed E-state index contributed by atoms with van der Waals surface area (Å²) in [6.07, 6.45) is 1.78. The fourth-order valence-corrected chi connectivity index (χ4v) is 4.44. The molecule has 0 radical (unpaired) electrons. The summed E-state index contributed by atoms with van der Waals surface area (Å²) in [6, 6.07) is 22.5. The normalized spacial score (nSPS) is 10.9. The number of hydrogen-bond acceptors (Lipinski definition) is 6. The van der Waals surface area contributed by atoms with Crippen molar-refractivity contribution < 1.29 is 4.74 Å². The molecule has 0 aliphatic carbocycles. The molecule has 170 valence electrons. The van der Waals surface area contributed by atoms with Gasteiger partial charge < -0.3 is 14.2 Å². The largest absolute Gasteiger partial charge is 0.487 e. The fraction of sp³-hybridized carbons (Fsp3) is 0.269. The van der Waals surface area contributed by atoms with Gasteiger partial charge in [-0.05, 0) is 67.9 Å². The average Bonchev–Trinajstić information content (AvgIpc) is 3.24. The Hall–Kier alpha value is -3.32. The number of ether oxygens (including phenoxy) is 1. The van der Waals surface area contributed by atoms with E-state index in [0.717, 1.165) is 46.8 Å². The molecular weight excluding hydrogens is 430 g/mol. The molecule has 33 heavy (non-hydrogen) atoms. The van der Waals surface area contributed by atoms with Gasteiger partial charge in [-0.15, -0.1) is 10.2 Å². The minimum Gasteiger partial charge on any atom is -0.487 e. The number of nitrogens with zero attached hydrogens (tertiary/aromatic N) is 5. The van der Waals surface area contributed by atoms with Gasteiger partial charge >= 0.3 is 0 Å². The topological polar surface area (TPSA) is 56.1 Å². The van der Waals surface area contributed by atoms with E-state index >= 15 is 0 Å². The Bertz CT molecular complexity index is 1140. The highest BCUT2D eigenvalue weighted by atomic mass is 32.2. The van der Waals surface area contributed by atoms with E-state index in [4.69, 9.17) is 4.74 Å². The van der Waals surface area contributed by atoms with Crippen LogP contribution in [0.3, 0.4) is 0 Å². The summed E-state index contributed by atoms with van der Waals surface area (Å²) >= 11 is 1.68. The van der Waals surface area contributed by atoms with Crippen LogP contribution in [0.4, 0.5) is 5.69 Å². The monoisotopic (exact) mass is 459 g/mol. The number of benzene rings is 2. The first-order valence-corrected chi connectivity index (χ1v) is 12.2. The molecule has 0 fully saturated rings. The van der Waals surface area contributed by atoms with Crippen LogP contribution < -0.4 is 9.64 Å². The molecule has 0 unspecified atom stereocenters. The van der Waals surface area contributed by atoms with Crippen LogP contribution >= 0.6 is 11.8 Å². The van der Waals surface area contributed by atoms with Crippen molar-refractivity contribution in [2.75, 3.05) is 18.0 Å². The van der Waals surface area contributed by atoms with Crippen LogP contribution in [0.25, 0.3) is 11.4 Å². The van der Waals surface area contributed by atoms with Crippen LogP contribution in [0.5, 0.6) is 5.75 Å². The van der Waals surface area contributed by atoms with Gasteiger partial charge in [0.1, 0.15) is 12.4 Å². The van der Waals surface area contributed by atoms with E-state index in [1.165, 1.54) is 11.3 Å². The number of aromatic nitrogens is 4. The Morgan fingerprint density at radius 2 is 1.67 bits per heavy atom. The molecule has 4 aromatic rings. The Labute approximate surface area is 199 Å². The number of anilines is 1. The van der Waals surface area contributed by atoms with Gasteiger partial charge in [-0.3, -0.25) is 4.98 Å². The third-order valence-corrected chi connectivity index (χ3v) is 6.58. The van der Waals surface area contributed by atoms with E-state index in [-0.39, 0.29) is 0 Å². The third kappa shape index (κ3) is 5.73. The molecule has 4 rings (SSSR count). The molecule has 0 saturated carbocycles. The van der Waals surface area contributed by atoms with Gasteiger partial charge in [0, 0.05) is 43.3 Å². The second-order valence-corrected chi connectivity index (χ2v) is 8.57. The molecule has 7 heteroatoms. The van der Waals surface area contributed by atoms with Crippen LogP contribution in [0, 0.1) is 0 Å². The van der Waals surface area contributed by atoms with E-state index in [1.54, 1.807) is 18.0 Å². The van der Waals surface area contributed by atoms with E-state index in [2.05, 4.69) is 74.9 Å². The lowest BCUT2D eigenvalue weighted by molar-refractivity contribution is 0.301. The maximum atomic E-state index is 5.82. The molecule has 6 nitrogen and oxygen atoms in total. The molecule has 0 aliphatic rings. The Morgan fingerprint density at radius 1 is 0.909 bits per heavy atom. The Morgan fingerprint density at radius 3 is 2.33 bits per heavy atom. The summed E-state index contributed by atoms with van der Waals surface area (Å²) in [6.45, 7) is 6.81. The molecule has 0 aliphatic heterocycles. The summed E-state index contributed by atoms with van der Waals surface area (Å²) in [5.41, 5.74) is 4.42. The Balaban J connectivity index is 1.35. The van der Waals surface area contributed by atoms with Crippen molar-refractivity contribution in [3.8, 4) is 17.1 Å². The number of thioether (sulfide) groups is 1. The smallest absolute Gasteiger partial charge is 0.191 e. The number of rotatable bonds is 10. The first kappa shape index (κ1) is 22.9.